The number of rotatable bonds is 7. The van der Waals surface area contributed by atoms with Gasteiger partial charge in [-0.3, -0.25) is 14.4 Å². The summed E-state index contributed by atoms with van der Waals surface area (Å²) < 4.78 is 45.8. The van der Waals surface area contributed by atoms with Crippen molar-refractivity contribution in [1.82, 2.24) is 15.1 Å². The van der Waals surface area contributed by atoms with Crippen molar-refractivity contribution in [2.45, 2.75) is 32.2 Å². The van der Waals surface area contributed by atoms with Gasteiger partial charge in [-0.15, -0.1) is 0 Å². The second-order valence-electron chi connectivity index (χ2n) is 10.0. The van der Waals surface area contributed by atoms with Crippen LogP contribution in [0.2, 0.25) is 0 Å². The molecule has 7 nitrogen and oxygen atoms in total. The lowest BCUT2D eigenvalue weighted by Crippen LogP contribution is -2.60. The highest BCUT2D eigenvalue weighted by molar-refractivity contribution is 5.99. The molecule has 0 spiro atoms. The Kier molecular flexibility index (Phi) is 8.46. The molecule has 1 aliphatic rings. The Balaban J connectivity index is 1.31. The number of hydrogen-bond donors (Lipinski definition) is 1. The maximum atomic E-state index is 13.4. The van der Waals surface area contributed by atoms with Crippen LogP contribution in [-0.2, 0) is 17.6 Å². The van der Waals surface area contributed by atoms with Crippen LogP contribution in [0.4, 0.5) is 13.2 Å². The van der Waals surface area contributed by atoms with Crippen LogP contribution in [0.1, 0.15) is 45.7 Å². The molecule has 0 radical (unpaired) electrons. The summed E-state index contributed by atoms with van der Waals surface area (Å²) in [6, 6.07) is 20.9. The summed E-state index contributed by atoms with van der Waals surface area (Å²) >= 11 is 0. The van der Waals surface area contributed by atoms with E-state index in [1.165, 1.54) is 21.9 Å². The fourth-order valence-corrected chi connectivity index (χ4v) is 4.45. The summed E-state index contributed by atoms with van der Waals surface area (Å²) in [7, 11) is 0. The molecule has 3 amide bonds. The van der Waals surface area contributed by atoms with Crippen molar-refractivity contribution in [1.29, 1.82) is 0 Å². The Morgan fingerprint density at radius 3 is 2.00 bits per heavy atom. The molecule has 1 fully saturated rings. The zero-order valence-corrected chi connectivity index (χ0v) is 22.2. The van der Waals surface area contributed by atoms with E-state index in [9.17, 15) is 27.6 Å². The predicted octanol–water partition coefficient (Wildman–Crippen LogP) is 4.78. The summed E-state index contributed by atoms with van der Waals surface area (Å²) in [5.74, 6) is -0.929. The van der Waals surface area contributed by atoms with Gasteiger partial charge in [-0.25, -0.2) is 0 Å². The Hall–Kier alpha value is -4.34. The third kappa shape index (κ3) is 6.80. The maximum Gasteiger partial charge on any atom is 0.417 e. The molecule has 10 heteroatoms. The second-order valence-corrected chi connectivity index (χ2v) is 10.0. The number of carbonyl (C=O) groups is 3. The fourth-order valence-electron chi connectivity index (χ4n) is 4.45. The first-order valence-corrected chi connectivity index (χ1v) is 12.8. The molecule has 40 heavy (non-hydrogen) atoms. The van der Waals surface area contributed by atoms with Gasteiger partial charge >= 0.3 is 6.18 Å². The second kappa shape index (κ2) is 11.8. The van der Waals surface area contributed by atoms with Crippen molar-refractivity contribution in [3.63, 3.8) is 0 Å². The standard InChI is InChI=1S/C30H30F3N3O4/c1-29(2,34-26(37)22-12-14-23(15-13-22)40-20-21-8-4-3-5-9-21)28(39)36-18-16-35(17-19-36)27(38)24-10-6-7-11-25(24)30(31,32)33/h3-15H,16-20H2,1-2H3,(H,34,37). The van der Waals surface area contributed by atoms with Gasteiger partial charge < -0.3 is 19.9 Å². The monoisotopic (exact) mass is 553 g/mol. The van der Waals surface area contributed by atoms with E-state index in [4.69, 9.17) is 4.74 Å². The van der Waals surface area contributed by atoms with Crippen LogP contribution in [-0.4, -0.2) is 59.2 Å². The van der Waals surface area contributed by atoms with Gasteiger partial charge in [0.25, 0.3) is 11.8 Å². The van der Waals surface area contributed by atoms with E-state index in [2.05, 4.69) is 5.32 Å². The molecule has 1 heterocycles. The normalized spacial score (nSPS) is 14.0. The van der Waals surface area contributed by atoms with Crippen molar-refractivity contribution >= 4 is 17.7 Å². The minimum atomic E-state index is -4.65. The van der Waals surface area contributed by atoms with Crippen molar-refractivity contribution in [3.05, 3.63) is 101 Å². The van der Waals surface area contributed by atoms with Crippen LogP contribution in [0, 0.1) is 0 Å². The number of hydrogen-bond acceptors (Lipinski definition) is 4. The van der Waals surface area contributed by atoms with Crippen LogP contribution in [0.15, 0.2) is 78.9 Å². The molecule has 210 valence electrons. The molecule has 0 aliphatic carbocycles. The van der Waals surface area contributed by atoms with Crippen LogP contribution in [0.3, 0.4) is 0 Å². The third-order valence-electron chi connectivity index (χ3n) is 6.64. The van der Waals surface area contributed by atoms with Gasteiger partial charge in [0.05, 0.1) is 11.1 Å². The molecule has 3 aromatic carbocycles. The molecule has 3 aromatic rings. The molecular weight excluding hydrogens is 523 g/mol. The number of alkyl halides is 3. The van der Waals surface area contributed by atoms with Gasteiger partial charge in [-0.2, -0.15) is 13.2 Å². The highest BCUT2D eigenvalue weighted by atomic mass is 19.4. The summed E-state index contributed by atoms with van der Waals surface area (Å²) in [6.07, 6.45) is -4.65. The first-order chi connectivity index (χ1) is 19.0. The molecule has 1 N–H and O–H groups in total. The maximum absolute atomic E-state index is 13.4. The average Bonchev–Trinajstić information content (AvgIpc) is 2.95. The van der Waals surface area contributed by atoms with Gasteiger partial charge in [0.15, 0.2) is 0 Å². The average molecular weight is 554 g/mol. The number of ether oxygens (including phenoxy) is 1. The predicted molar refractivity (Wildman–Crippen MR) is 143 cm³/mol. The fraction of sp³-hybridized carbons (Fsp3) is 0.300. The number of halogens is 3. The first-order valence-electron chi connectivity index (χ1n) is 12.8. The van der Waals surface area contributed by atoms with Crippen molar-refractivity contribution in [2.75, 3.05) is 26.2 Å². The first kappa shape index (κ1) is 28.7. The zero-order valence-electron chi connectivity index (χ0n) is 22.2. The van der Waals surface area contributed by atoms with E-state index in [1.54, 1.807) is 38.1 Å². The summed E-state index contributed by atoms with van der Waals surface area (Å²) in [5.41, 5.74) is -1.29. The van der Waals surface area contributed by atoms with Crippen molar-refractivity contribution in [2.24, 2.45) is 0 Å². The molecular formula is C30H30F3N3O4. The number of nitrogens with zero attached hydrogens (tertiary/aromatic N) is 2. The Morgan fingerprint density at radius 2 is 1.38 bits per heavy atom. The third-order valence-corrected chi connectivity index (χ3v) is 6.64. The van der Waals surface area contributed by atoms with Crippen molar-refractivity contribution < 1.29 is 32.3 Å². The van der Waals surface area contributed by atoms with Gasteiger partial charge in [0, 0.05) is 31.7 Å². The van der Waals surface area contributed by atoms with Crippen LogP contribution in [0.25, 0.3) is 0 Å². The lowest BCUT2D eigenvalue weighted by atomic mass is 10.0. The minimum absolute atomic E-state index is 0.0746. The largest absolute Gasteiger partial charge is 0.489 e. The van der Waals surface area contributed by atoms with Gasteiger partial charge in [0.1, 0.15) is 17.9 Å². The lowest BCUT2D eigenvalue weighted by Gasteiger charge is -2.39. The Bertz CT molecular complexity index is 1350. The van der Waals surface area contributed by atoms with Gasteiger partial charge in [-0.05, 0) is 55.8 Å². The minimum Gasteiger partial charge on any atom is -0.489 e. The van der Waals surface area contributed by atoms with Gasteiger partial charge in [-0.1, -0.05) is 42.5 Å². The molecule has 1 saturated heterocycles. The molecule has 0 saturated carbocycles. The number of benzene rings is 3. The van der Waals surface area contributed by atoms with E-state index in [-0.39, 0.29) is 32.1 Å². The Labute approximate surface area is 230 Å². The van der Waals surface area contributed by atoms with Gasteiger partial charge in [0.2, 0.25) is 5.91 Å². The van der Waals surface area contributed by atoms with Crippen LogP contribution < -0.4 is 10.1 Å². The van der Waals surface area contributed by atoms with Crippen molar-refractivity contribution in [3.8, 4) is 5.75 Å². The summed E-state index contributed by atoms with van der Waals surface area (Å²) in [4.78, 5) is 41.8. The summed E-state index contributed by atoms with van der Waals surface area (Å²) in [6.45, 7) is 3.97. The highest BCUT2D eigenvalue weighted by Crippen LogP contribution is 2.32. The van der Waals surface area contributed by atoms with E-state index in [1.807, 2.05) is 30.3 Å². The number of amides is 3. The van der Waals surface area contributed by atoms with E-state index in [0.717, 1.165) is 17.7 Å². The van der Waals surface area contributed by atoms with E-state index < -0.39 is 34.7 Å². The molecule has 0 aromatic heterocycles. The number of piperazine rings is 1. The van der Waals surface area contributed by atoms with E-state index in [0.29, 0.717) is 17.9 Å². The zero-order chi connectivity index (χ0) is 28.9. The Morgan fingerprint density at radius 1 is 0.800 bits per heavy atom. The van der Waals surface area contributed by atoms with E-state index >= 15 is 0 Å². The quantitative estimate of drug-likeness (QED) is 0.457. The lowest BCUT2D eigenvalue weighted by molar-refractivity contribution is -0.138. The van der Waals surface area contributed by atoms with Crippen LogP contribution >= 0.6 is 0 Å². The number of carbonyl (C=O) groups excluding carboxylic acids is 3. The molecule has 0 unspecified atom stereocenters. The highest BCUT2D eigenvalue weighted by Gasteiger charge is 2.38. The molecule has 0 bridgehead atoms. The molecule has 4 rings (SSSR count). The summed E-state index contributed by atoms with van der Waals surface area (Å²) in [5, 5.41) is 2.75. The SMILES string of the molecule is CC(C)(NC(=O)c1ccc(OCc2ccccc2)cc1)C(=O)N1CCN(C(=O)c2ccccc2C(F)(F)F)CC1. The smallest absolute Gasteiger partial charge is 0.417 e. The molecule has 0 atom stereocenters. The molecule has 1 aliphatic heterocycles. The van der Waals surface area contributed by atoms with Crippen LogP contribution in [0.5, 0.6) is 5.75 Å². The topological polar surface area (TPSA) is 79.0 Å². The number of nitrogens with one attached hydrogen (secondary N) is 1.